The molecule has 0 aliphatic rings. The van der Waals surface area contributed by atoms with Crippen LogP contribution >= 0.6 is 33.9 Å². The van der Waals surface area contributed by atoms with Crippen molar-refractivity contribution in [2.45, 2.75) is 0 Å². The van der Waals surface area contributed by atoms with E-state index in [0.29, 0.717) is 4.53 Å². The second kappa shape index (κ2) is 6.07. The largest absolute Gasteiger partial charge is 0.317 e. The quantitative estimate of drug-likeness (QED) is 0.369. The molecule has 5 aromatic rings. The Morgan fingerprint density at radius 1 is 1.00 bits per heavy atom. The van der Waals surface area contributed by atoms with Crippen LogP contribution in [0.2, 0.25) is 0 Å². The van der Waals surface area contributed by atoms with Crippen LogP contribution in [0.5, 0.6) is 0 Å². The molecule has 0 saturated carbocycles. The fourth-order valence-corrected chi connectivity index (χ4v) is 4.43. The van der Waals surface area contributed by atoms with Crippen molar-refractivity contribution < 1.29 is 0 Å². The first kappa shape index (κ1) is 15.8. The maximum absolute atomic E-state index is 12.9. The summed E-state index contributed by atoms with van der Waals surface area (Å²) in [5.74, 6) is 0. The molecule has 0 atom stereocenters. The van der Waals surface area contributed by atoms with Gasteiger partial charge in [-0.3, -0.25) is 4.79 Å². The van der Waals surface area contributed by atoms with Gasteiger partial charge in [-0.2, -0.15) is 0 Å². The molecular weight excluding hydrogens is 457 g/mol. The third-order valence-electron chi connectivity index (χ3n) is 4.31. The summed E-state index contributed by atoms with van der Waals surface area (Å²) in [5, 5.41) is 0. The van der Waals surface area contributed by atoms with Crippen LogP contribution in [0.3, 0.4) is 0 Å². The topological polar surface area (TPSA) is 39.3 Å². The third kappa shape index (κ3) is 2.48. The molecular formula is C20H12IN3OS. The molecule has 26 heavy (non-hydrogen) atoms. The van der Waals surface area contributed by atoms with Gasteiger partial charge in [0.15, 0.2) is 4.96 Å². The number of nitrogens with zero attached hydrogens (tertiary/aromatic N) is 3. The molecule has 0 radical (unpaired) electrons. The number of rotatable bonds is 2. The lowest BCUT2D eigenvalue weighted by Gasteiger charge is -2.06. The van der Waals surface area contributed by atoms with Crippen LogP contribution in [-0.2, 0) is 0 Å². The molecule has 6 heteroatoms. The lowest BCUT2D eigenvalue weighted by Crippen LogP contribution is -2.23. The van der Waals surface area contributed by atoms with Gasteiger partial charge in [0.2, 0.25) is 0 Å². The number of aromatic nitrogens is 3. The van der Waals surface area contributed by atoms with E-state index in [1.165, 1.54) is 14.9 Å². The summed E-state index contributed by atoms with van der Waals surface area (Å²) in [4.78, 5) is 18.2. The SMILES string of the molecule is O=c1/c(=C/c2cccn2-c2ccc(I)cc2)sc2nc3ccccc3n12. The first-order valence-corrected chi connectivity index (χ1v) is 9.95. The average molecular weight is 469 g/mol. The molecule has 0 aliphatic heterocycles. The number of hydrogen-bond donors (Lipinski definition) is 0. The Bertz CT molecular complexity index is 1360. The van der Waals surface area contributed by atoms with E-state index in [1.807, 2.05) is 48.7 Å². The Morgan fingerprint density at radius 3 is 2.65 bits per heavy atom. The number of fused-ring (bicyclic) bond motifs is 3. The minimum atomic E-state index is -0.0194. The van der Waals surface area contributed by atoms with Crippen LogP contribution in [0.15, 0.2) is 71.7 Å². The summed E-state index contributed by atoms with van der Waals surface area (Å²) < 4.78 is 5.65. The molecule has 0 aliphatic carbocycles. The molecule has 4 nitrogen and oxygen atoms in total. The number of imidazole rings is 1. The van der Waals surface area contributed by atoms with Crippen LogP contribution in [0.25, 0.3) is 27.8 Å². The molecule has 0 N–H and O–H groups in total. The third-order valence-corrected chi connectivity index (χ3v) is 6.00. The Hall–Kier alpha value is -2.45. The van der Waals surface area contributed by atoms with Gasteiger partial charge in [-0.15, -0.1) is 0 Å². The Balaban J connectivity index is 1.71. The monoisotopic (exact) mass is 469 g/mol. The van der Waals surface area contributed by atoms with E-state index in [-0.39, 0.29) is 5.56 Å². The number of para-hydroxylation sites is 2. The smallest absolute Gasteiger partial charge is 0.275 e. The van der Waals surface area contributed by atoms with Gasteiger partial charge in [0.25, 0.3) is 5.56 Å². The van der Waals surface area contributed by atoms with Crippen molar-refractivity contribution in [2.24, 2.45) is 0 Å². The fraction of sp³-hybridized carbons (Fsp3) is 0. The summed E-state index contributed by atoms with van der Waals surface area (Å²) in [6.07, 6.45) is 3.95. The second-order valence-electron chi connectivity index (χ2n) is 5.91. The number of benzene rings is 2. The van der Waals surface area contributed by atoms with Crippen molar-refractivity contribution in [2.75, 3.05) is 0 Å². The van der Waals surface area contributed by atoms with E-state index >= 15 is 0 Å². The van der Waals surface area contributed by atoms with Gasteiger partial charge in [-0.1, -0.05) is 23.5 Å². The Morgan fingerprint density at radius 2 is 1.81 bits per heavy atom. The zero-order valence-corrected chi connectivity index (χ0v) is 16.4. The van der Waals surface area contributed by atoms with Crippen LogP contribution < -0.4 is 10.1 Å². The first-order valence-electron chi connectivity index (χ1n) is 8.06. The van der Waals surface area contributed by atoms with Crippen molar-refractivity contribution in [3.8, 4) is 5.69 Å². The maximum Gasteiger partial charge on any atom is 0.275 e. The molecule has 5 rings (SSSR count). The Kier molecular flexibility index (Phi) is 3.68. The number of halogens is 1. The average Bonchev–Trinajstić information content (AvgIpc) is 3.32. The molecule has 0 amide bonds. The van der Waals surface area contributed by atoms with Crippen LogP contribution in [0.4, 0.5) is 0 Å². The highest BCUT2D eigenvalue weighted by atomic mass is 127. The molecule has 0 saturated heterocycles. The number of hydrogen-bond acceptors (Lipinski definition) is 3. The Labute approximate surface area is 166 Å². The first-order chi connectivity index (χ1) is 12.7. The van der Waals surface area contributed by atoms with Crippen molar-refractivity contribution in [3.63, 3.8) is 0 Å². The summed E-state index contributed by atoms with van der Waals surface area (Å²) in [5.41, 5.74) is 3.73. The van der Waals surface area contributed by atoms with Crippen LogP contribution in [0.1, 0.15) is 5.69 Å². The van der Waals surface area contributed by atoms with Gasteiger partial charge in [0.1, 0.15) is 0 Å². The van der Waals surface area contributed by atoms with E-state index in [9.17, 15) is 4.79 Å². The standard InChI is InChI=1S/C20H12IN3OS/c21-13-7-9-14(10-8-13)23-11-3-4-15(23)12-18-19(25)24-17-6-2-1-5-16(17)22-20(24)26-18/h1-12H/b18-12-. The van der Waals surface area contributed by atoms with E-state index in [4.69, 9.17) is 0 Å². The highest BCUT2D eigenvalue weighted by Crippen LogP contribution is 2.17. The van der Waals surface area contributed by atoms with Gasteiger partial charge < -0.3 is 4.57 Å². The summed E-state index contributed by atoms with van der Waals surface area (Å²) in [6, 6.07) is 20.0. The second-order valence-corrected chi connectivity index (χ2v) is 8.17. The van der Waals surface area contributed by atoms with Gasteiger partial charge in [0, 0.05) is 21.1 Å². The van der Waals surface area contributed by atoms with Crippen LogP contribution in [-0.4, -0.2) is 14.0 Å². The maximum atomic E-state index is 12.9. The van der Waals surface area contributed by atoms with Gasteiger partial charge >= 0.3 is 0 Å². The predicted octanol–water partition coefficient (Wildman–Crippen LogP) is 3.85. The fourth-order valence-electron chi connectivity index (χ4n) is 3.09. The van der Waals surface area contributed by atoms with Crippen molar-refractivity contribution in [3.05, 3.63) is 91.0 Å². The predicted molar refractivity (Wildman–Crippen MR) is 114 cm³/mol. The molecule has 0 spiro atoms. The zero-order chi connectivity index (χ0) is 17.7. The highest BCUT2D eigenvalue weighted by molar-refractivity contribution is 14.1. The van der Waals surface area contributed by atoms with E-state index in [0.717, 1.165) is 27.4 Å². The molecule has 0 bridgehead atoms. The van der Waals surface area contributed by atoms with Crippen LogP contribution in [0, 0.1) is 3.57 Å². The van der Waals surface area contributed by atoms with Gasteiger partial charge in [-0.25, -0.2) is 9.38 Å². The van der Waals surface area contributed by atoms with E-state index in [2.05, 4.69) is 56.4 Å². The minimum Gasteiger partial charge on any atom is -0.317 e. The molecule has 0 unspecified atom stereocenters. The van der Waals surface area contributed by atoms with Crippen molar-refractivity contribution in [1.82, 2.24) is 14.0 Å². The molecule has 3 aromatic heterocycles. The van der Waals surface area contributed by atoms with E-state index < -0.39 is 0 Å². The molecule has 2 aromatic carbocycles. The minimum absolute atomic E-state index is 0.0194. The molecule has 126 valence electrons. The lowest BCUT2D eigenvalue weighted by atomic mass is 10.3. The van der Waals surface area contributed by atoms with Gasteiger partial charge in [0.05, 0.1) is 15.6 Å². The zero-order valence-electron chi connectivity index (χ0n) is 13.5. The van der Waals surface area contributed by atoms with Crippen molar-refractivity contribution >= 4 is 56.0 Å². The molecule has 0 fully saturated rings. The normalized spacial score (nSPS) is 12.4. The summed E-state index contributed by atoms with van der Waals surface area (Å²) in [7, 11) is 0. The summed E-state index contributed by atoms with van der Waals surface area (Å²) >= 11 is 3.72. The summed E-state index contributed by atoms with van der Waals surface area (Å²) in [6.45, 7) is 0. The lowest BCUT2D eigenvalue weighted by molar-refractivity contribution is 1.06. The van der Waals surface area contributed by atoms with Gasteiger partial charge in [-0.05, 0) is 77.2 Å². The van der Waals surface area contributed by atoms with E-state index in [1.54, 1.807) is 4.40 Å². The number of thiazole rings is 1. The highest BCUT2D eigenvalue weighted by Gasteiger charge is 2.11. The molecule has 3 heterocycles. The van der Waals surface area contributed by atoms with Crippen molar-refractivity contribution in [1.29, 1.82) is 0 Å².